The fraction of sp³-hybridized carbons (Fsp3) is 0.364. The molecule has 1 aliphatic heterocycles. The first-order valence-electron chi connectivity index (χ1n) is 9.79. The van der Waals surface area contributed by atoms with Crippen LogP contribution in [0.15, 0.2) is 36.4 Å². The zero-order valence-electron chi connectivity index (χ0n) is 16.9. The lowest BCUT2D eigenvalue weighted by atomic mass is 10.2. The standard InChI is InChI=1S/C22H23ClN2O4S/c1-14-5-10-18(23)21-20(14)24-22(30-21)25(12-17-4-3-11-28-17)19(26)13-29-16-8-6-15(27-2)7-9-16/h5-10,17H,3-4,11-13H2,1-2H3. The predicted molar refractivity (Wildman–Crippen MR) is 119 cm³/mol. The summed E-state index contributed by atoms with van der Waals surface area (Å²) < 4.78 is 17.5. The number of methoxy groups -OCH3 is 1. The van der Waals surface area contributed by atoms with E-state index in [1.54, 1.807) is 36.3 Å². The van der Waals surface area contributed by atoms with Crippen LogP contribution in [0.1, 0.15) is 18.4 Å². The highest BCUT2D eigenvalue weighted by molar-refractivity contribution is 7.23. The van der Waals surface area contributed by atoms with Crippen LogP contribution in [0, 0.1) is 6.92 Å². The molecule has 6 nitrogen and oxygen atoms in total. The second-order valence-corrected chi connectivity index (χ2v) is 8.53. The van der Waals surface area contributed by atoms with Crippen molar-refractivity contribution in [2.75, 3.05) is 31.8 Å². The van der Waals surface area contributed by atoms with Gasteiger partial charge >= 0.3 is 0 Å². The lowest BCUT2D eigenvalue weighted by Gasteiger charge is -2.23. The summed E-state index contributed by atoms with van der Waals surface area (Å²) in [5.74, 6) is 1.16. The number of hydrogen-bond acceptors (Lipinski definition) is 6. The van der Waals surface area contributed by atoms with Crippen LogP contribution < -0.4 is 14.4 Å². The molecule has 1 atom stereocenters. The van der Waals surface area contributed by atoms with E-state index in [9.17, 15) is 4.79 Å². The minimum Gasteiger partial charge on any atom is -0.497 e. The maximum atomic E-state index is 13.1. The molecule has 0 radical (unpaired) electrons. The van der Waals surface area contributed by atoms with Crippen LogP contribution in [-0.2, 0) is 9.53 Å². The van der Waals surface area contributed by atoms with Crippen molar-refractivity contribution in [2.24, 2.45) is 0 Å². The number of carbonyl (C=O) groups is 1. The monoisotopic (exact) mass is 446 g/mol. The lowest BCUT2D eigenvalue weighted by molar-refractivity contribution is -0.120. The highest BCUT2D eigenvalue weighted by atomic mass is 35.5. The van der Waals surface area contributed by atoms with Crippen LogP contribution >= 0.6 is 22.9 Å². The fourth-order valence-electron chi connectivity index (χ4n) is 3.38. The summed E-state index contributed by atoms with van der Waals surface area (Å²) in [5.41, 5.74) is 1.85. The van der Waals surface area contributed by atoms with Gasteiger partial charge in [-0.15, -0.1) is 0 Å². The number of ether oxygens (including phenoxy) is 3. The number of amides is 1. The van der Waals surface area contributed by atoms with E-state index in [2.05, 4.69) is 0 Å². The van der Waals surface area contributed by atoms with Gasteiger partial charge < -0.3 is 14.2 Å². The molecule has 0 saturated carbocycles. The molecule has 3 aromatic rings. The molecule has 1 aromatic heterocycles. The Morgan fingerprint density at radius 2 is 2.03 bits per heavy atom. The van der Waals surface area contributed by atoms with Crippen LogP contribution in [0.3, 0.4) is 0 Å². The van der Waals surface area contributed by atoms with Crippen LogP contribution in [0.2, 0.25) is 5.02 Å². The Kier molecular flexibility index (Phi) is 6.41. The van der Waals surface area contributed by atoms with Crippen molar-refractivity contribution in [3.63, 3.8) is 0 Å². The SMILES string of the molecule is COc1ccc(OCC(=O)N(CC2CCCO2)c2nc3c(C)ccc(Cl)c3s2)cc1. The molecule has 0 spiro atoms. The van der Waals surface area contributed by atoms with Gasteiger partial charge in [-0.3, -0.25) is 9.69 Å². The largest absolute Gasteiger partial charge is 0.497 e. The molecular formula is C22H23ClN2O4S. The number of nitrogens with zero attached hydrogens (tertiary/aromatic N) is 2. The van der Waals surface area contributed by atoms with Gasteiger partial charge in [-0.2, -0.15) is 0 Å². The number of thiazole rings is 1. The Labute approximate surface area is 184 Å². The summed E-state index contributed by atoms with van der Waals surface area (Å²) in [7, 11) is 1.61. The Bertz CT molecular complexity index is 993. The highest BCUT2D eigenvalue weighted by Crippen LogP contribution is 2.36. The Balaban J connectivity index is 1.56. The van der Waals surface area contributed by atoms with E-state index < -0.39 is 0 Å². The fourth-order valence-corrected chi connectivity index (χ4v) is 4.72. The number of anilines is 1. The molecule has 1 saturated heterocycles. The van der Waals surface area contributed by atoms with Crippen molar-refractivity contribution >= 4 is 44.2 Å². The summed E-state index contributed by atoms with van der Waals surface area (Å²) in [6.45, 7) is 3.06. The molecule has 30 heavy (non-hydrogen) atoms. The van der Waals surface area contributed by atoms with Crippen molar-refractivity contribution in [1.82, 2.24) is 4.98 Å². The summed E-state index contributed by atoms with van der Waals surface area (Å²) in [6, 6.07) is 10.9. The second-order valence-electron chi connectivity index (χ2n) is 7.14. The number of benzene rings is 2. The van der Waals surface area contributed by atoms with Gasteiger partial charge in [-0.25, -0.2) is 4.98 Å². The maximum Gasteiger partial charge on any atom is 0.266 e. The first-order valence-corrected chi connectivity index (χ1v) is 11.0. The van der Waals surface area contributed by atoms with Gasteiger partial charge in [-0.05, 0) is 55.7 Å². The molecule has 1 amide bonds. The molecule has 1 unspecified atom stereocenters. The molecular weight excluding hydrogens is 424 g/mol. The number of rotatable bonds is 7. The molecule has 2 heterocycles. The maximum absolute atomic E-state index is 13.1. The third kappa shape index (κ3) is 4.53. The van der Waals surface area contributed by atoms with Gasteiger partial charge in [0.25, 0.3) is 5.91 Å². The third-order valence-electron chi connectivity index (χ3n) is 5.05. The minimum atomic E-state index is -0.172. The van der Waals surface area contributed by atoms with Gasteiger partial charge in [0.2, 0.25) is 0 Å². The van der Waals surface area contributed by atoms with Crippen molar-refractivity contribution in [3.05, 3.63) is 47.0 Å². The molecule has 2 aromatic carbocycles. The molecule has 0 bridgehead atoms. The molecule has 0 N–H and O–H groups in total. The zero-order chi connectivity index (χ0) is 21.1. The van der Waals surface area contributed by atoms with Crippen molar-refractivity contribution < 1.29 is 19.0 Å². The number of hydrogen-bond donors (Lipinski definition) is 0. The average molecular weight is 447 g/mol. The number of aryl methyl sites for hydroxylation is 1. The predicted octanol–water partition coefficient (Wildman–Crippen LogP) is 4.86. The van der Waals surface area contributed by atoms with Crippen molar-refractivity contribution in [3.8, 4) is 11.5 Å². The molecule has 4 rings (SSSR count). The number of halogens is 1. The summed E-state index contributed by atoms with van der Waals surface area (Å²) in [4.78, 5) is 19.5. The summed E-state index contributed by atoms with van der Waals surface area (Å²) in [6.07, 6.45) is 1.92. The van der Waals surface area contributed by atoms with E-state index in [0.717, 1.165) is 41.0 Å². The molecule has 1 fully saturated rings. The van der Waals surface area contributed by atoms with Gasteiger partial charge in [0.05, 0.1) is 35.0 Å². The van der Waals surface area contributed by atoms with Gasteiger partial charge in [0.1, 0.15) is 11.5 Å². The molecule has 0 aliphatic carbocycles. The molecule has 8 heteroatoms. The van der Waals surface area contributed by atoms with Crippen molar-refractivity contribution in [2.45, 2.75) is 25.9 Å². The molecule has 158 valence electrons. The lowest BCUT2D eigenvalue weighted by Crippen LogP contribution is -2.40. The summed E-state index contributed by atoms with van der Waals surface area (Å²) in [5, 5.41) is 1.25. The van der Waals surface area contributed by atoms with E-state index in [1.807, 2.05) is 19.1 Å². The van der Waals surface area contributed by atoms with Gasteiger partial charge in [0.15, 0.2) is 11.7 Å². The smallest absolute Gasteiger partial charge is 0.266 e. The van der Waals surface area contributed by atoms with Crippen molar-refractivity contribution in [1.29, 1.82) is 0 Å². The van der Waals surface area contributed by atoms with E-state index in [-0.39, 0.29) is 18.6 Å². The number of fused-ring (bicyclic) bond motifs is 1. The number of aromatic nitrogens is 1. The summed E-state index contributed by atoms with van der Waals surface area (Å²) >= 11 is 7.79. The Morgan fingerprint density at radius 1 is 1.27 bits per heavy atom. The minimum absolute atomic E-state index is 0.00137. The van der Waals surface area contributed by atoms with Crippen LogP contribution in [-0.4, -0.2) is 43.9 Å². The van der Waals surface area contributed by atoms with E-state index in [4.69, 9.17) is 30.8 Å². The number of carbonyl (C=O) groups excluding carboxylic acids is 1. The van der Waals surface area contributed by atoms with Crippen LogP contribution in [0.25, 0.3) is 10.2 Å². The first kappa shape index (κ1) is 20.9. The zero-order valence-corrected chi connectivity index (χ0v) is 18.5. The van der Waals surface area contributed by atoms with Crippen LogP contribution in [0.4, 0.5) is 5.13 Å². The van der Waals surface area contributed by atoms with E-state index in [0.29, 0.717) is 22.4 Å². The van der Waals surface area contributed by atoms with Gasteiger partial charge in [-0.1, -0.05) is 29.0 Å². The average Bonchev–Trinajstić information content (AvgIpc) is 3.44. The van der Waals surface area contributed by atoms with Gasteiger partial charge in [0, 0.05) is 6.61 Å². The third-order valence-corrected chi connectivity index (χ3v) is 6.59. The van der Waals surface area contributed by atoms with E-state index in [1.165, 1.54) is 11.3 Å². The Morgan fingerprint density at radius 3 is 2.70 bits per heavy atom. The Hall–Kier alpha value is -2.35. The highest BCUT2D eigenvalue weighted by Gasteiger charge is 2.27. The second kappa shape index (κ2) is 9.20. The first-order chi connectivity index (χ1) is 14.5. The normalized spacial score (nSPS) is 16.0. The topological polar surface area (TPSA) is 60.9 Å². The van der Waals surface area contributed by atoms with E-state index >= 15 is 0 Å². The van der Waals surface area contributed by atoms with Crippen LogP contribution in [0.5, 0.6) is 11.5 Å². The quantitative estimate of drug-likeness (QED) is 0.518. The molecule has 1 aliphatic rings.